The molecule has 1 saturated heterocycles. The van der Waals surface area contributed by atoms with Crippen molar-refractivity contribution in [1.29, 1.82) is 0 Å². The number of urea groups is 1. The van der Waals surface area contributed by atoms with Crippen LogP contribution in [0.15, 0.2) is 42.5 Å². The molecule has 1 unspecified atom stereocenters. The normalized spacial score (nSPS) is 17.2. The zero-order chi connectivity index (χ0) is 18.8. The van der Waals surface area contributed by atoms with Crippen LogP contribution in [0.1, 0.15) is 52.9 Å². The Hall–Kier alpha value is -2.82. The maximum absolute atomic E-state index is 12.7. The third kappa shape index (κ3) is 3.68. The summed E-state index contributed by atoms with van der Waals surface area (Å²) >= 11 is 0. The van der Waals surface area contributed by atoms with Crippen molar-refractivity contribution in [3.63, 3.8) is 0 Å². The van der Waals surface area contributed by atoms with E-state index in [1.54, 1.807) is 17.0 Å². The van der Waals surface area contributed by atoms with Crippen molar-refractivity contribution in [3.05, 3.63) is 64.7 Å². The molecule has 5 heteroatoms. The minimum Gasteiger partial charge on any atom is -0.346 e. The van der Waals surface area contributed by atoms with Crippen molar-refractivity contribution in [2.24, 2.45) is 0 Å². The molecule has 3 amide bonds. The number of anilines is 1. The smallest absolute Gasteiger partial charge is 0.321 e. The van der Waals surface area contributed by atoms with Gasteiger partial charge in [0.2, 0.25) is 0 Å². The number of nitrogens with one attached hydrogen (secondary N) is 2. The molecule has 0 spiro atoms. The lowest BCUT2D eigenvalue weighted by Crippen LogP contribution is -2.29. The topological polar surface area (TPSA) is 61.4 Å². The molecule has 1 aliphatic heterocycles. The molecule has 1 fully saturated rings. The molecule has 0 bridgehead atoms. The zero-order valence-electron chi connectivity index (χ0n) is 15.6. The molecule has 0 saturated carbocycles. The van der Waals surface area contributed by atoms with E-state index >= 15 is 0 Å². The van der Waals surface area contributed by atoms with Gasteiger partial charge < -0.3 is 10.6 Å². The first-order valence-electron chi connectivity index (χ1n) is 9.70. The van der Waals surface area contributed by atoms with Crippen LogP contribution in [0.5, 0.6) is 0 Å². The molecule has 0 aromatic heterocycles. The van der Waals surface area contributed by atoms with E-state index in [1.807, 2.05) is 19.1 Å². The molecule has 1 aliphatic carbocycles. The fraction of sp³-hybridized carbons (Fsp3) is 0.364. The lowest BCUT2D eigenvalue weighted by molar-refractivity contribution is 0.0940. The number of carbonyl (C=O) groups excluding carboxylic acids is 2. The molecule has 2 aromatic rings. The van der Waals surface area contributed by atoms with Gasteiger partial charge in [-0.1, -0.05) is 24.3 Å². The molecule has 2 aliphatic rings. The van der Waals surface area contributed by atoms with Crippen LogP contribution in [-0.2, 0) is 12.8 Å². The van der Waals surface area contributed by atoms with E-state index in [1.165, 1.54) is 24.0 Å². The molecular weight excluding hydrogens is 338 g/mol. The summed E-state index contributed by atoms with van der Waals surface area (Å²) in [6.07, 6.45) is 4.80. The SMILES string of the molecule is CC(NC(=O)c1cccc(N2CCNC2=O)c1)c1ccc2c(c1)CCCC2. The molecule has 27 heavy (non-hydrogen) atoms. The van der Waals surface area contributed by atoms with Crippen molar-refractivity contribution in [2.75, 3.05) is 18.0 Å². The highest BCUT2D eigenvalue weighted by Crippen LogP contribution is 2.25. The van der Waals surface area contributed by atoms with E-state index in [0.717, 1.165) is 24.1 Å². The fourth-order valence-electron chi connectivity index (χ4n) is 3.92. The van der Waals surface area contributed by atoms with Crippen LogP contribution in [0.25, 0.3) is 0 Å². The fourth-order valence-corrected chi connectivity index (χ4v) is 3.92. The van der Waals surface area contributed by atoms with Gasteiger partial charge in [-0.15, -0.1) is 0 Å². The van der Waals surface area contributed by atoms with Crippen molar-refractivity contribution in [2.45, 2.75) is 38.6 Å². The van der Waals surface area contributed by atoms with Gasteiger partial charge in [0, 0.05) is 24.3 Å². The van der Waals surface area contributed by atoms with Crippen LogP contribution < -0.4 is 15.5 Å². The van der Waals surface area contributed by atoms with E-state index in [-0.39, 0.29) is 18.0 Å². The molecule has 1 heterocycles. The quantitative estimate of drug-likeness (QED) is 0.872. The molecule has 1 atom stereocenters. The van der Waals surface area contributed by atoms with E-state index in [4.69, 9.17) is 0 Å². The molecule has 5 nitrogen and oxygen atoms in total. The average molecular weight is 363 g/mol. The van der Waals surface area contributed by atoms with E-state index < -0.39 is 0 Å². The Morgan fingerprint density at radius 1 is 1.11 bits per heavy atom. The Labute approximate surface area is 159 Å². The second-order valence-corrected chi connectivity index (χ2v) is 7.36. The molecule has 140 valence electrons. The number of carbonyl (C=O) groups is 2. The van der Waals surface area contributed by atoms with Crippen LogP contribution in [0, 0.1) is 0 Å². The lowest BCUT2D eigenvalue weighted by atomic mass is 9.89. The lowest BCUT2D eigenvalue weighted by Gasteiger charge is -2.20. The van der Waals surface area contributed by atoms with Crippen LogP contribution in [0.3, 0.4) is 0 Å². The minimum absolute atomic E-state index is 0.0662. The van der Waals surface area contributed by atoms with Crippen LogP contribution in [-0.4, -0.2) is 25.0 Å². The average Bonchev–Trinajstić information content (AvgIpc) is 3.13. The van der Waals surface area contributed by atoms with Gasteiger partial charge in [-0.2, -0.15) is 0 Å². The molecule has 2 aromatic carbocycles. The number of hydrogen-bond acceptors (Lipinski definition) is 2. The second kappa shape index (κ2) is 7.43. The summed E-state index contributed by atoms with van der Waals surface area (Å²) in [6, 6.07) is 13.6. The molecule has 0 radical (unpaired) electrons. The molecule has 4 rings (SSSR count). The van der Waals surface area contributed by atoms with E-state index in [2.05, 4.69) is 28.8 Å². The predicted octanol–water partition coefficient (Wildman–Crippen LogP) is 3.59. The Morgan fingerprint density at radius 3 is 2.70 bits per heavy atom. The van der Waals surface area contributed by atoms with Crippen molar-refractivity contribution >= 4 is 17.6 Å². The van der Waals surface area contributed by atoms with Crippen LogP contribution in [0.4, 0.5) is 10.5 Å². The van der Waals surface area contributed by atoms with Gasteiger partial charge in [0.1, 0.15) is 0 Å². The first kappa shape index (κ1) is 17.6. The van der Waals surface area contributed by atoms with Gasteiger partial charge in [0.15, 0.2) is 0 Å². The van der Waals surface area contributed by atoms with Gasteiger partial charge in [0.25, 0.3) is 5.91 Å². The maximum Gasteiger partial charge on any atom is 0.321 e. The summed E-state index contributed by atoms with van der Waals surface area (Å²) in [7, 11) is 0. The Bertz CT molecular complexity index is 878. The highest BCUT2D eigenvalue weighted by atomic mass is 16.2. The van der Waals surface area contributed by atoms with Crippen LogP contribution in [0.2, 0.25) is 0 Å². The van der Waals surface area contributed by atoms with Gasteiger partial charge >= 0.3 is 6.03 Å². The minimum atomic E-state index is -0.123. The first-order valence-corrected chi connectivity index (χ1v) is 9.70. The maximum atomic E-state index is 12.7. The summed E-state index contributed by atoms with van der Waals surface area (Å²) in [5.74, 6) is -0.123. The largest absolute Gasteiger partial charge is 0.346 e. The summed E-state index contributed by atoms with van der Waals surface area (Å²) in [4.78, 5) is 26.2. The van der Waals surface area contributed by atoms with Gasteiger partial charge in [0.05, 0.1) is 6.04 Å². The van der Waals surface area contributed by atoms with Crippen molar-refractivity contribution < 1.29 is 9.59 Å². The van der Waals surface area contributed by atoms with Gasteiger partial charge in [-0.25, -0.2) is 4.79 Å². The van der Waals surface area contributed by atoms with Crippen molar-refractivity contribution in [1.82, 2.24) is 10.6 Å². The highest BCUT2D eigenvalue weighted by molar-refractivity contribution is 5.98. The number of amides is 3. The number of benzene rings is 2. The second-order valence-electron chi connectivity index (χ2n) is 7.36. The molecule has 2 N–H and O–H groups in total. The Kier molecular flexibility index (Phi) is 4.84. The van der Waals surface area contributed by atoms with E-state index in [9.17, 15) is 9.59 Å². The summed E-state index contributed by atoms with van der Waals surface area (Å²) in [6.45, 7) is 3.26. The van der Waals surface area contributed by atoms with Crippen LogP contribution >= 0.6 is 0 Å². The molecular formula is C22H25N3O2. The van der Waals surface area contributed by atoms with Gasteiger partial charge in [-0.05, 0) is 67.5 Å². The standard InChI is InChI=1S/C22H25N3O2/c1-15(17-10-9-16-5-2-3-6-18(16)13-17)24-21(26)19-7-4-8-20(14-19)25-12-11-23-22(25)27/h4,7-10,13-15H,2-3,5-6,11-12H2,1H3,(H,23,27)(H,24,26). The monoisotopic (exact) mass is 363 g/mol. The van der Waals surface area contributed by atoms with Gasteiger partial charge in [-0.3, -0.25) is 9.69 Å². The predicted molar refractivity (Wildman–Crippen MR) is 106 cm³/mol. The third-order valence-corrected chi connectivity index (χ3v) is 5.50. The number of aryl methyl sites for hydroxylation is 2. The number of hydrogen-bond donors (Lipinski definition) is 2. The first-order chi connectivity index (χ1) is 13.1. The summed E-state index contributed by atoms with van der Waals surface area (Å²) < 4.78 is 0. The number of fused-ring (bicyclic) bond motifs is 1. The number of rotatable bonds is 4. The summed E-state index contributed by atoms with van der Waals surface area (Å²) in [5.41, 5.74) is 5.32. The Morgan fingerprint density at radius 2 is 1.93 bits per heavy atom. The zero-order valence-corrected chi connectivity index (χ0v) is 15.6. The highest BCUT2D eigenvalue weighted by Gasteiger charge is 2.22. The Balaban J connectivity index is 1.48. The van der Waals surface area contributed by atoms with Crippen molar-refractivity contribution in [3.8, 4) is 0 Å². The summed E-state index contributed by atoms with van der Waals surface area (Å²) in [5, 5.41) is 5.87. The van der Waals surface area contributed by atoms with E-state index in [0.29, 0.717) is 18.7 Å². The third-order valence-electron chi connectivity index (χ3n) is 5.50. The number of nitrogens with zero attached hydrogens (tertiary/aromatic N) is 1.